The molecule has 0 spiro atoms. The molecule has 0 radical (unpaired) electrons. The van der Waals surface area contributed by atoms with Crippen LogP contribution >= 0.6 is 11.6 Å². The molecule has 0 aromatic heterocycles. The lowest BCUT2D eigenvalue weighted by molar-refractivity contribution is -0.271. The first kappa shape index (κ1) is 24.2. The fraction of sp³-hybridized carbons (Fsp3) is 0.600. The number of hydrogen-bond acceptors (Lipinski definition) is 6. The van der Waals surface area contributed by atoms with E-state index in [0.29, 0.717) is 12.0 Å². The summed E-state index contributed by atoms with van der Waals surface area (Å²) >= 11 is 6.15. The maximum Gasteiger partial charge on any atom is 0.408 e. The van der Waals surface area contributed by atoms with E-state index in [9.17, 15) is 9.18 Å². The summed E-state index contributed by atoms with van der Waals surface area (Å²) in [6, 6.07) is 2.53. The second kappa shape index (κ2) is 8.95. The summed E-state index contributed by atoms with van der Waals surface area (Å²) in [6.45, 7) is 9.16. The van der Waals surface area contributed by atoms with E-state index in [1.807, 2.05) is 0 Å². The maximum atomic E-state index is 14.6. The Morgan fingerprint density at radius 3 is 2.50 bits per heavy atom. The van der Waals surface area contributed by atoms with Gasteiger partial charge in [0.05, 0.1) is 23.8 Å². The van der Waals surface area contributed by atoms with E-state index < -0.39 is 28.8 Å². The summed E-state index contributed by atoms with van der Waals surface area (Å²) in [5.74, 6) is -1.65. The van der Waals surface area contributed by atoms with Gasteiger partial charge in [0.25, 0.3) is 0 Å². The molecule has 1 aromatic rings. The standard InChI is InChI=1S/C20H29ClFN3O5/c1-18(2,3)30-17(26)24-20(10-28-19(4,5)29-11-20)7-6-12-8-14(21)13(9-15(12)22)16(23)25-27/h8-9,27H,6-7,10-11H2,1-5H3,(H2,23,25)(H,24,26). The molecule has 1 aromatic carbocycles. The Hall–Kier alpha value is -2.10. The number of benzene rings is 1. The summed E-state index contributed by atoms with van der Waals surface area (Å²) in [7, 11) is 0. The summed E-state index contributed by atoms with van der Waals surface area (Å²) in [4.78, 5) is 12.4. The third-order valence-electron chi connectivity index (χ3n) is 4.55. The van der Waals surface area contributed by atoms with Gasteiger partial charge in [-0.1, -0.05) is 16.8 Å². The summed E-state index contributed by atoms with van der Waals surface area (Å²) in [5.41, 5.74) is 4.32. The van der Waals surface area contributed by atoms with Crippen molar-refractivity contribution in [1.82, 2.24) is 5.32 Å². The Kier molecular flexibility index (Phi) is 7.21. The van der Waals surface area contributed by atoms with Crippen molar-refractivity contribution in [3.63, 3.8) is 0 Å². The fourth-order valence-electron chi connectivity index (χ4n) is 2.91. The molecule has 0 saturated carbocycles. The molecule has 8 nitrogen and oxygen atoms in total. The van der Waals surface area contributed by atoms with Crippen molar-refractivity contribution in [2.45, 2.75) is 64.4 Å². The van der Waals surface area contributed by atoms with E-state index in [1.54, 1.807) is 34.6 Å². The molecular formula is C20H29ClFN3O5. The first-order valence-electron chi connectivity index (χ1n) is 9.51. The number of rotatable bonds is 5. The van der Waals surface area contributed by atoms with E-state index in [1.165, 1.54) is 6.07 Å². The van der Waals surface area contributed by atoms with Gasteiger partial charge < -0.3 is 30.5 Å². The van der Waals surface area contributed by atoms with Crippen molar-refractivity contribution >= 4 is 23.5 Å². The highest BCUT2D eigenvalue weighted by Gasteiger charge is 2.42. The zero-order chi connectivity index (χ0) is 22.7. The first-order valence-corrected chi connectivity index (χ1v) is 9.89. The van der Waals surface area contributed by atoms with Crippen LogP contribution in [0.15, 0.2) is 17.3 Å². The average Bonchev–Trinajstić information content (AvgIpc) is 2.62. The molecule has 2 rings (SSSR count). The third-order valence-corrected chi connectivity index (χ3v) is 4.86. The summed E-state index contributed by atoms with van der Waals surface area (Å²) in [6.07, 6.45) is -0.0844. The van der Waals surface area contributed by atoms with E-state index in [0.717, 1.165) is 6.07 Å². The SMILES string of the molecule is CC(C)(C)OC(=O)NC1(CCc2cc(Cl)c(C(N)=NO)cc2F)COC(C)(C)OC1. The van der Waals surface area contributed by atoms with Gasteiger partial charge in [-0.3, -0.25) is 0 Å². The zero-order valence-electron chi connectivity index (χ0n) is 17.8. The molecule has 0 unspecified atom stereocenters. The van der Waals surface area contributed by atoms with Crippen LogP contribution in [0.5, 0.6) is 0 Å². The maximum absolute atomic E-state index is 14.6. The predicted molar refractivity (Wildman–Crippen MR) is 110 cm³/mol. The predicted octanol–water partition coefficient (Wildman–Crippen LogP) is 3.55. The third kappa shape index (κ3) is 6.45. The van der Waals surface area contributed by atoms with E-state index >= 15 is 0 Å². The second-order valence-electron chi connectivity index (χ2n) is 8.79. The van der Waals surface area contributed by atoms with E-state index in [2.05, 4.69) is 10.5 Å². The van der Waals surface area contributed by atoms with Gasteiger partial charge in [0, 0.05) is 5.56 Å². The molecule has 10 heteroatoms. The lowest BCUT2D eigenvalue weighted by atomic mass is 9.91. The van der Waals surface area contributed by atoms with Crippen LogP contribution in [-0.4, -0.2) is 47.3 Å². The largest absolute Gasteiger partial charge is 0.444 e. The highest BCUT2D eigenvalue weighted by Crippen LogP contribution is 2.29. The molecule has 0 aliphatic carbocycles. The first-order chi connectivity index (χ1) is 13.8. The number of halogens is 2. The van der Waals surface area contributed by atoms with Crippen molar-refractivity contribution in [3.05, 3.63) is 34.1 Å². The van der Waals surface area contributed by atoms with Crippen LogP contribution in [0.1, 0.15) is 52.2 Å². The van der Waals surface area contributed by atoms with Gasteiger partial charge in [-0.2, -0.15) is 0 Å². The molecule has 168 valence electrons. The van der Waals surface area contributed by atoms with Crippen LogP contribution in [0.25, 0.3) is 0 Å². The van der Waals surface area contributed by atoms with Crippen molar-refractivity contribution in [1.29, 1.82) is 0 Å². The number of oxime groups is 1. The van der Waals surface area contributed by atoms with Crippen molar-refractivity contribution in [3.8, 4) is 0 Å². The Morgan fingerprint density at radius 2 is 1.97 bits per heavy atom. The van der Waals surface area contributed by atoms with Gasteiger partial charge in [0.1, 0.15) is 11.4 Å². The van der Waals surface area contributed by atoms with Crippen molar-refractivity contribution in [2.75, 3.05) is 13.2 Å². The Morgan fingerprint density at radius 1 is 1.37 bits per heavy atom. The lowest BCUT2D eigenvalue weighted by Gasteiger charge is -2.44. The summed E-state index contributed by atoms with van der Waals surface area (Å²) < 4.78 is 31.4. The molecular weight excluding hydrogens is 417 g/mol. The number of nitrogens with two attached hydrogens (primary N) is 1. The highest BCUT2D eigenvalue weighted by molar-refractivity contribution is 6.34. The van der Waals surface area contributed by atoms with Crippen LogP contribution in [0.3, 0.4) is 0 Å². The van der Waals surface area contributed by atoms with Crippen molar-refractivity contribution in [2.24, 2.45) is 10.9 Å². The van der Waals surface area contributed by atoms with E-state index in [4.69, 9.17) is 36.8 Å². The molecule has 0 atom stereocenters. The minimum absolute atomic E-state index is 0.0908. The van der Waals surface area contributed by atoms with Crippen LogP contribution in [0, 0.1) is 5.82 Å². The molecule has 1 aliphatic rings. The van der Waals surface area contributed by atoms with Gasteiger partial charge in [-0.15, -0.1) is 0 Å². The van der Waals surface area contributed by atoms with E-state index in [-0.39, 0.29) is 36.1 Å². The summed E-state index contributed by atoms with van der Waals surface area (Å²) in [5, 5.41) is 14.6. The number of hydrogen-bond donors (Lipinski definition) is 3. The smallest absolute Gasteiger partial charge is 0.408 e. The number of ether oxygens (including phenoxy) is 3. The van der Waals surface area contributed by atoms with Crippen LogP contribution in [0.4, 0.5) is 9.18 Å². The second-order valence-corrected chi connectivity index (χ2v) is 9.20. The normalized spacial score (nSPS) is 18.7. The molecule has 0 bridgehead atoms. The lowest BCUT2D eigenvalue weighted by Crippen LogP contribution is -2.61. The number of nitrogens with one attached hydrogen (secondary N) is 1. The van der Waals surface area contributed by atoms with Gasteiger partial charge in [0.2, 0.25) is 0 Å². The number of carbonyl (C=O) groups excluding carboxylic acids is 1. The quantitative estimate of drug-likeness (QED) is 0.276. The molecule has 1 aliphatic heterocycles. The van der Waals surface area contributed by atoms with Crippen LogP contribution < -0.4 is 11.1 Å². The Labute approximate surface area is 180 Å². The van der Waals surface area contributed by atoms with Gasteiger partial charge in [0.15, 0.2) is 11.6 Å². The monoisotopic (exact) mass is 445 g/mol. The topological polar surface area (TPSA) is 115 Å². The number of aryl methyl sites for hydroxylation is 1. The van der Waals surface area contributed by atoms with Gasteiger partial charge in [-0.25, -0.2) is 9.18 Å². The highest BCUT2D eigenvalue weighted by atomic mass is 35.5. The minimum atomic E-state index is -0.916. The van der Waals surface area contributed by atoms with Crippen LogP contribution in [-0.2, 0) is 20.6 Å². The van der Waals surface area contributed by atoms with Crippen LogP contribution in [0.2, 0.25) is 5.02 Å². The average molecular weight is 446 g/mol. The number of carbonyl (C=O) groups is 1. The van der Waals surface area contributed by atoms with Gasteiger partial charge in [-0.05, 0) is 65.2 Å². The van der Waals surface area contributed by atoms with Gasteiger partial charge >= 0.3 is 6.09 Å². The molecule has 1 saturated heterocycles. The molecule has 1 fully saturated rings. The molecule has 4 N–H and O–H groups in total. The fourth-order valence-corrected chi connectivity index (χ4v) is 3.19. The number of alkyl carbamates (subject to hydrolysis) is 1. The molecule has 30 heavy (non-hydrogen) atoms. The number of amidine groups is 1. The number of amides is 1. The van der Waals surface area contributed by atoms with Crippen molar-refractivity contribution < 1.29 is 28.6 Å². The zero-order valence-corrected chi connectivity index (χ0v) is 18.6. The Balaban J connectivity index is 2.21. The Bertz CT molecular complexity index is 813. The minimum Gasteiger partial charge on any atom is -0.444 e. The molecule has 1 heterocycles. The number of nitrogens with zero attached hydrogens (tertiary/aromatic N) is 1. The molecule has 1 amide bonds.